The summed E-state index contributed by atoms with van der Waals surface area (Å²) < 4.78 is 31.8. The molecule has 0 saturated heterocycles. The number of ether oxygens (including phenoxy) is 3. The summed E-state index contributed by atoms with van der Waals surface area (Å²) in [5, 5.41) is 9.17. The fourth-order valence-corrected chi connectivity index (χ4v) is 5.88. The first-order valence-corrected chi connectivity index (χ1v) is 14.1. The number of hydrogen-bond acceptors (Lipinski definition) is 5. The molecule has 206 valence electrons. The first-order valence-electron chi connectivity index (χ1n) is 14.1. The minimum absolute atomic E-state index is 0.0371. The molecule has 2 aliphatic rings. The van der Waals surface area contributed by atoms with Crippen molar-refractivity contribution in [3.63, 3.8) is 0 Å². The Balaban J connectivity index is 1.37. The van der Waals surface area contributed by atoms with Gasteiger partial charge in [-0.05, 0) is 98.1 Å². The lowest BCUT2D eigenvalue weighted by Gasteiger charge is -2.30. The molecular formula is C32H41FO5. The quantitative estimate of drug-likeness (QED) is 0.192. The number of carbonyl (C=O) groups excluding carboxylic acids is 1. The van der Waals surface area contributed by atoms with Gasteiger partial charge in [-0.2, -0.15) is 0 Å². The molecule has 1 N–H and O–H groups in total. The maximum Gasteiger partial charge on any atom is 0.333 e. The van der Waals surface area contributed by atoms with E-state index in [9.17, 15) is 4.79 Å². The molecule has 38 heavy (non-hydrogen) atoms. The number of rotatable bonds is 11. The highest BCUT2D eigenvalue weighted by molar-refractivity contribution is 5.86. The maximum absolute atomic E-state index is 15.2. The van der Waals surface area contributed by atoms with Gasteiger partial charge < -0.3 is 19.3 Å². The molecule has 6 heteroatoms. The molecule has 2 saturated carbocycles. The normalized spacial score (nSPS) is 20.1. The summed E-state index contributed by atoms with van der Waals surface area (Å²) in [6, 6.07) is 11.9. The Hall–Kier alpha value is -2.86. The maximum atomic E-state index is 15.2. The van der Waals surface area contributed by atoms with E-state index in [0.717, 1.165) is 36.8 Å². The smallest absolute Gasteiger partial charge is 0.333 e. The van der Waals surface area contributed by atoms with Gasteiger partial charge in [-0.25, -0.2) is 9.18 Å². The molecule has 0 unspecified atom stereocenters. The first kappa shape index (κ1) is 28.2. The average molecular weight is 525 g/mol. The topological polar surface area (TPSA) is 65.0 Å². The number of halogens is 1. The lowest BCUT2D eigenvalue weighted by Crippen LogP contribution is -2.15. The Morgan fingerprint density at radius 2 is 1.47 bits per heavy atom. The van der Waals surface area contributed by atoms with Gasteiger partial charge in [0.1, 0.15) is 25.6 Å². The third-order valence-electron chi connectivity index (χ3n) is 7.98. The molecule has 0 bridgehead atoms. The minimum Gasteiger partial charge on any atom is -0.487 e. The SMILES string of the molecule is C=C(C)C(=O)OCCOc1cc(C2CCC(c3ccc(C4CCCCC4)cc3F)CC2)ccc1OCCO. The van der Waals surface area contributed by atoms with Crippen molar-refractivity contribution in [2.24, 2.45) is 0 Å². The van der Waals surface area contributed by atoms with E-state index in [-0.39, 0.29) is 38.2 Å². The fourth-order valence-electron chi connectivity index (χ4n) is 5.88. The predicted molar refractivity (Wildman–Crippen MR) is 146 cm³/mol. The molecule has 2 aromatic carbocycles. The van der Waals surface area contributed by atoms with E-state index in [0.29, 0.717) is 28.9 Å². The van der Waals surface area contributed by atoms with Gasteiger partial charge >= 0.3 is 5.97 Å². The van der Waals surface area contributed by atoms with E-state index in [1.54, 1.807) is 13.0 Å². The molecule has 5 nitrogen and oxygen atoms in total. The second-order valence-corrected chi connectivity index (χ2v) is 10.7. The lowest BCUT2D eigenvalue weighted by molar-refractivity contribution is -0.139. The van der Waals surface area contributed by atoms with E-state index in [2.05, 4.69) is 12.6 Å². The summed E-state index contributed by atoms with van der Waals surface area (Å²) in [5.41, 5.74) is 3.53. The second-order valence-electron chi connectivity index (χ2n) is 10.7. The van der Waals surface area contributed by atoms with Crippen LogP contribution in [0.4, 0.5) is 4.39 Å². The molecule has 0 aliphatic heterocycles. The Morgan fingerprint density at radius 1 is 0.842 bits per heavy atom. The van der Waals surface area contributed by atoms with Crippen LogP contribution in [0.3, 0.4) is 0 Å². The lowest BCUT2D eigenvalue weighted by atomic mass is 9.75. The van der Waals surface area contributed by atoms with Crippen LogP contribution in [-0.2, 0) is 9.53 Å². The molecule has 0 aromatic heterocycles. The zero-order valence-corrected chi connectivity index (χ0v) is 22.6. The molecule has 2 aliphatic carbocycles. The summed E-state index contributed by atoms with van der Waals surface area (Å²) in [4.78, 5) is 11.6. The van der Waals surface area contributed by atoms with Crippen molar-refractivity contribution >= 4 is 5.97 Å². The highest BCUT2D eigenvalue weighted by Gasteiger charge is 2.27. The van der Waals surface area contributed by atoms with Crippen LogP contribution in [0.2, 0.25) is 0 Å². The molecule has 0 spiro atoms. The molecule has 2 aromatic rings. The van der Waals surface area contributed by atoms with Gasteiger partial charge in [0.15, 0.2) is 11.5 Å². The van der Waals surface area contributed by atoms with Gasteiger partial charge in [-0.3, -0.25) is 0 Å². The van der Waals surface area contributed by atoms with Crippen LogP contribution in [0, 0.1) is 5.82 Å². The number of aliphatic hydroxyl groups excluding tert-OH is 1. The number of carbonyl (C=O) groups is 1. The van der Waals surface area contributed by atoms with Crippen molar-refractivity contribution in [3.8, 4) is 11.5 Å². The molecule has 4 rings (SSSR count). The third-order valence-corrected chi connectivity index (χ3v) is 7.98. The standard InChI is InChI=1S/C32H41FO5/c1-22(2)32(35)38-19-18-37-31-21-27(13-15-30(31)36-17-16-34)24-8-10-25(11-9-24)28-14-12-26(20-29(28)33)23-6-4-3-5-7-23/h12-15,20-21,23-25,34H,1,3-11,16-19H2,2H3. The number of benzene rings is 2. The van der Waals surface area contributed by atoms with Gasteiger partial charge in [-0.15, -0.1) is 0 Å². The molecule has 0 heterocycles. The Morgan fingerprint density at radius 3 is 2.16 bits per heavy atom. The molecule has 0 radical (unpaired) electrons. The van der Waals surface area contributed by atoms with Gasteiger partial charge in [0.25, 0.3) is 0 Å². The second kappa shape index (κ2) is 13.8. The van der Waals surface area contributed by atoms with Crippen LogP contribution in [0.15, 0.2) is 48.6 Å². The predicted octanol–water partition coefficient (Wildman–Crippen LogP) is 7.18. The Bertz CT molecular complexity index is 1080. The summed E-state index contributed by atoms with van der Waals surface area (Å²) in [6.45, 7) is 5.53. The molecular weight excluding hydrogens is 483 g/mol. The molecule has 0 atom stereocenters. The van der Waals surface area contributed by atoms with Crippen molar-refractivity contribution in [1.82, 2.24) is 0 Å². The summed E-state index contributed by atoms with van der Waals surface area (Å²) in [7, 11) is 0. The van der Waals surface area contributed by atoms with E-state index in [4.69, 9.17) is 19.3 Å². The fraction of sp³-hybridized carbons (Fsp3) is 0.531. The van der Waals surface area contributed by atoms with Crippen molar-refractivity contribution in [2.45, 2.75) is 82.5 Å². The third kappa shape index (κ3) is 7.37. The van der Waals surface area contributed by atoms with E-state index in [1.807, 2.05) is 24.3 Å². The van der Waals surface area contributed by atoms with E-state index >= 15 is 4.39 Å². The highest BCUT2D eigenvalue weighted by atomic mass is 19.1. The summed E-state index contributed by atoms with van der Waals surface area (Å²) >= 11 is 0. The zero-order chi connectivity index (χ0) is 26.9. The van der Waals surface area contributed by atoms with Crippen LogP contribution in [0.1, 0.15) is 99.2 Å². The summed E-state index contributed by atoms with van der Waals surface area (Å²) in [6.07, 6.45) is 10.0. The zero-order valence-electron chi connectivity index (χ0n) is 22.6. The van der Waals surface area contributed by atoms with Crippen molar-refractivity contribution in [1.29, 1.82) is 0 Å². The average Bonchev–Trinajstić information content (AvgIpc) is 2.95. The largest absolute Gasteiger partial charge is 0.487 e. The summed E-state index contributed by atoms with van der Waals surface area (Å²) in [5.74, 6) is 1.74. The Labute approximate surface area is 226 Å². The Kier molecular flexibility index (Phi) is 10.2. The van der Waals surface area contributed by atoms with Crippen molar-refractivity contribution in [3.05, 3.63) is 71.1 Å². The number of hydrogen-bond donors (Lipinski definition) is 1. The van der Waals surface area contributed by atoms with Gasteiger partial charge in [-0.1, -0.05) is 44.0 Å². The molecule has 0 amide bonds. The van der Waals surface area contributed by atoms with Crippen molar-refractivity contribution in [2.75, 3.05) is 26.4 Å². The van der Waals surface area contributed by atoms with Gasteiger partial charge in [0.05, 0.1) is 6.61 Å². The number of esters is 1. The van der Waals surface area contributed by atoms with Crippen LogP contribution in [0.5, 0.6) is 11.5 Å². The van der Waals surface area contributed by atoms with Crippen LogP contribution in [0.25, 0.3) is 0 Å². The highest BCUT2D eigenvalue weighted by Crippen LogP contribution is 2.43. The van der Waals surface area contributed by atoms with E-state index in [1.165, 1.54) is 37.7 Å². The van der Waals surface area contributed by atoms with Gasteiger partial charge in [0.2, 0.25) is 0 Å². The van der Waals surface area contributed by atoms with Crippen LogP contribution < -0.4 is 9.47 Å². The van der Waals surface area contributed by atoms with Crippen LogP contribution in [-0.4, -0.2) is 37.5 Å². The monoisotopic (exact) mass is 524 g/mol. The minimum atomic E-state index is -0.448. The van der Waals surface area contributed by atoms with E-state index < -0.39 is 5.97 Å². The van der Waals surface area contributed by atoms with Crippen LogP contribution >= 0.6 is 0 Å². The van der Waals surface area contributed by atoms with Crippen molar-refractivity contribution < 1.29 is 28.5 Å². The first-order chi connectivity index (χ1) is 18.5. The van der Waals surface area contributed by atoms with Gasteiger partial charge in [0, 0.05) is 5.57 Å². The molecule has 2 fully saturated rings. The number of aliphatic hydroxyl groups is 1.